The first kappa shape index (κ1) is 20.1. The third kappa shape index (κ3) is 4.11. The summed E-state index contributed by atoms with van der Waals surface area (Å²) in [5, 5.41) is 0. The van der Waals surface area contributed by atoms with E-state index in [-0.39, 0.29) is 43.2 Å². The first-order valence-corrected chi connectivity index (χ1v) is 7.31. The Kier molecular flexibility index (Phi) is 8.16. The summed E-state index contributed by atoms with van der Waals surface area (Å²) < 4.78 is 0. The van der Waals surface area contributed by atoms with Gasteiger partial charge in [-0.05, 0) is 11.1 Å². The molecule has 23 heavy (non-hydrogen) atoms. The molecule has 2 aliphatic carbocycles. The summed E-state index contributed by atoms with van der Waals surface area (Å²) in [6, 6.07) is 17.3. The van der Waals surface area contributed by atoms with Crippen molar-refractivity contribution in [3.05, 3.63) is 103 Å². The van der Waals surface area contributed by atoms with Gasteiger partial charge in [0.1, 0.15) is 0 Å². The van der Waals surface area contributed by atoms with Crippen LogP contribution in [0.2, 0.25) is 0 Å². The molecular weight excluding hydrogens is 423 g/mol. The van der Waals surface area contributed by atoms with Crippen LogP contribution in [0.5, 0.6) is 0 Å². The molecule has 2 atom stereocenters. The summed E-state index contributed by atoms with van der Waals surface area (Å²) in [5.41, 5.74) is 5.58. The van der Waals surface area contributed by atoms with Gasteiger partial charge in [0.2, 0.25) is 0 Å². The van der Waals surface area contributed by atoms with E-state index in [4.69, 9.17) is 0 Å². The molecule has 0 spiro atoms. The van der Waals surface area contributed by atoms with E-state index in [9.17, 15) is 0 Å². The van der Waals surface area contributed by atoms with Gasteiger partial charge in [-0.1, -0.05) is 71.8 Å². The molecule has 0 saturated heterocycles. The van der Waals surface area contributed by atoms with Crippen LogP contribution in [0.4, 0.5) is 0 Å². The van der Waals surface area contributed by atoms with Crippen molar-refractivity contribution in [1.29, 1.82) is 0 Å². The predicted octanol–water partition coefficient (Wildman–Crippen LogP) is 2.62. The predicted molar refractivity (Wildman–Crippen MR) is 92.0 cm³/mol. The fourth-order valence-electron chi connectivity index (χ4n) is 3.11. The molecule has 0 radical (unpaired) electrons. The quantitative estimate of drug-likeness (QED) is 0.496. The standard InChI is InChI=1S/C19H15.C2H4.BrH.Zr/c1-3-7-18-14(5-1)9-11-16(18)13-17-12-10-15-6-2-4-8-19(15)17;1-2;;/h1-13,16-17H;1-2H2;1H;/q-1;;;+2/p-1. The second kappa shape index (κ2) is 9.35. The fraction of sp³-hybridized carbons (Fsp3) is 0.0952. The van der Waals surface area contributed by atoms with Crippen LogP contribution in [0.25, 0.3) is 12.2 Å². The summed E-state index contributed by atoms with van der Waals surface area (Å²) in [6.07, 6.45) is 11.5. The summed E-state index contributed by atoms with van der Waals surface area (Å²) >= 11 is 0. The molecule has 0 nitrogen and oxygen atoms in total. The SMILES string of the molecule is C1=CC([CH-]C2C=Cc3ccccc32)c2ccccc21.C=C.[Br-].[Zr+2]. The van der Waals surface area contributed by atoms with Gasteiger partial charge in [0.05, 0.1) is 0 Å². The Labute approximate surface area is 168 Å². The van der Waals surface area contributed by atoms with Gasteiger partial charge in [-0.15, -0.1) is 37.1 Å². The molecule has 2 aromatic carbocycles. The zero-order valence-corrected chi connectivity index (χ0v) is 17.0. The molecule has 2 heteroatoms. The molecule has 0 heterocycles. The normalized spacial score (nSPS) is 18.8. The van der Waals surface area contributed by atoms with Crippen molar-refractivity contribution in [2.24, 2.45) is 0 Å². The maximum absolute atomic E-state index is 3.00. The largest absolute Gasteiger partial charge is 2.00 e. The zero-order valence-electron chi connectivity index (χ0n) is 13.0. The zero-order chi connectivity index (χ0) is 14.7. The number of rotatable bonds is 2. The number of allylic oxidation sites excluding steroid dienone is 2. The molecule has 4 rings (SSSR count). The Bertz CT molecular complexity index is 643. The molecule has 2 aliphatic rings. The summed E-state index contributed by atoms with van der Waals surface area (Å²) in [7, 11) is 0. The number of hydrogen-bond donors (Lipinski definition) is 0. The van der Waals surface area contributed by atoms with Gasteiger partial charge in [-0.25, -0.2) is 0 Å². The van der Waals surface area contributed by atoms with Gasteiger partial charge in [-0.3, -0.25) is 0 Å². The van der Waals surface area contributed by atoms with Crippen LogP contribution in [-0.4, -0.2) is 0 Å². The third-order valence-corrected chi connectivity index (χ3v) is 4.09. The van der Waals surface area contributed by atoms with Crippen LogP contribution in [0.1, 0.15) is 34.1 Å². The van der Waals surface area contributed by atoms with Crippen molar-refractivity contribution >= 4 is 12.2 Å². The van der Waals surface area contributed by atoms with Crippen molar-refractivity contribution in [1.82, 2.24) is 0 Å². The van der Waals surface area contributed by atoms with E-state index >= 15 is 0 Å². The van der Waals surface area contributed by atoms with Crippen LogP contribution in [0.15, 0.2) is 73.8 Å². The van der Waals surface area contributed by atoms with E-state index < -0.39 is 0 Å². The van der Waals surface area contributed by atoms with E-state index in [2.05, 4.69) is 92.4 Å². The third-order valence-electron chi connectivity index (χ3n) is 4.09. The monoisotopic (exact) mass is 440 g/mol. The van der Waals surface area contributed by atoms with Crippen molar-refractivity contribution < 1.29 is 43.2 Å². The smallest absolute Gasteiger partial charge is 1.00 e. The van der Waals surface area contributed by atoms with Crippen molar-refractivity contribution in [3.8, 4) is 0 Å². The van der Waals surface area contributed by atoms with E-state index in [1.807, 2.05) is 0 Å². The van der Waals surface area contributed by atoms with Crippen LogP contribution < -0.4 is 17.0 Å². The van der Waals surface area contributed by atoms with Gasteiger partial charge in [-0.2, -0.15) is 0 Å². The number of benzene rings is 2. The van der Waals surface area contributed by atoms with Gasteiger partial charge in [0.15, 0.2) is 0 Å². The van der Waals surface area contributed by atoms with Gasteiger partial charge >= 0.3 is 26.2 Å². The van der Waals surface area contributed by atoms with Gasteiger partial charge < -0.3 is 23.4 Å². The van der Waals surface area contributed by atoms with Gasteiger partial charge in [0.25, 0.3) is 0 Å². The Morgan fingerprint density at radius 1 is 0.696 bits per heavy atom. The molecule has 0 saturated carbocycles. The maximum Gasteiger partial charge on any atom is 2.00 e. The minimum atomic E-state index is 0. The fourth-order valence-corrected chi connectivity index (χ4v) is 3.11. The second-order valence-electron chi connectivity index (χ2n) is 5.22. The molecule has 0 aliphatic heterocycles. The molecule has 114 valence electrons. The van der Waals surface area contributed by atoms with E-state index in [1.165, 1.54) is 22.3 Å². The molecule has 0 aromatic heterocycles. The first-order chi connectivity index (χ1) is 10.4. The Balaban J connectivity index is 0.000000638. The van der Waals surface area contributed by atoms with Crippen LogP contribution >= 0.6 is 0 Å². The second-order valence-corrected chi connectivity index (χ2v) is 5.22. The van der Waals surface area contributed by atoms with Crippen molar-refractivity contribution in [3.63, 3.8) is 0 Å². The topological polar surface area (TPSA) is 0 Å². The van der Waals surface area contributed by atoms with E-state index in [0.717, 1.165) is 0 Å². The molecule has 2 aromatic rings. The van der Waals surface area contributed by atoms with E-state index in [1.54, 1.807) is 0 Å². The molecule has 0 fully saturated rings. The Morgan fingerprint density at radius 2 is 1.09 bits per heavy atom. The average molecular weight is 443 g/mol. The maximum atomic E-state index is 3.00. The molecule has 2 unspecified atom stereocenters. The van der Waals surface area contributed by atoms with Crippen molar-refractivity contribution in [2.45, 2.75) is 11.8 Å². The summed E-state index contributed by atoms with van der Waals surface area (Å²) in [4.78, 5) is 0. The summed E-state index contributed by atoms with van der Waals surface area (Å²) in [5.74, 6) is 0.883. The first-order valence-electron chi connectivity index (χ1n) is 7.31. The number of fused-ring (bicyclic) bond motifs is 2. The Hall–Kier alpha value is -0.977. The number of halogens is 1. The van der Waals surface area contributed by atoms with E-state index in [0.29, 0.717) is 11.8 Å². The summed E-state index contributed by atoms with van der Waals surface area (Å²) in [6.45, 7) is 6.00. The molecule has 0 N–H and O–H groups in total. The van der Waals surface area contributed by atoms with Crippen LogP contribution in [-0.2, 0) is 26.2 Å². The number of hydrogen-bond acceptors (Lipinski definition) is 0. The molecule has 0 amide bonds. The minimum absolute atomic E-state index is 0. The van der Waals surface area contributed by atoms with Crippen LogP contribution in [0, 0.1) is 6.42 Å². The minimum Gasteiger partial charge on any atom is -1.00 e. The van der Waals surface area contributed by atoms with Crippen molar-refractivity contribution in [2.75, 3.05) is 0 Å². The van der Waals surface area contributed by atoms with Gasteiger partial charge in [0, 0.05) is 0 Å². The van der Waals surface area contributed by atoms with Crippen LogP contribution in [0.3, 0.4) is 0 Å². The molecular formula is C21H19BrZr. The average Bonchev–Trinajstić information content (AvgIpc) is 3.15. The molecule has 0 bridgehead atoms. The Morgan fingerprint density at radius 3 is 1.52 bits per heavy atom.